The summed E-state index contributed by atoms with van der Waals surface area (Å²) in [7, 11) is 0. The first-order valence-electron chi connectivity index (χ1n) is 4.35. The fourth-order valence-corrected chi connectivity index (χ4v) is 0.686. The van der Waals surface area contributed by atoms with Gasteiger partial charge in [0.25, 0.3) is 0 Å². The highest BCUT2D eigenvalue weighted by Crippen LogP contribution is 1.96. The summed E-state index contributed by atoms with van der Waals surface area (Å²) in [4.78, 5) is 22.0. The lowest BCUT2D eigenvalue weighted by Crippen LogP contribution is -2.25. The molecule has 5 nitrogen and oxygen atoms in total. The highest BCUT2D eigenvalue weighted by Gasteiger charge is 2.16. The Balaban J connectivity index is 3.92. The lowest BCUT2D eigenvalue weighted by Gasteiger charge is -2.09. The van der Waals surface area contributed by atoms with E-state index >= 15 is 0 Å². The minimum atomic E-state index is -0.884. The molecule has 0 unspecified atom stereocenters. The van der Waals surface area contributed by atoms with Crippen molar-refractivity contribution in [3.05, 3.63) is 12.2 Å². The number of nitrogens with two attached hydrogens (primary N) is 1. The van der Waals surface area contributed by atoms with Gasteiger partial charge in [0, 0.05) is 12.6 Å². The van der Waals surface area contributed by atoms with E-state index in [4.69, 9.17) is 10.5 Å². The summed E-state index contributed by atoms with van der Waals surface area (Å²) in [5, 5.41) is 0. The van der Waals surface area contributed by atoms with Gasteiger partial charge in [-0.05, 0) is 13.8 Å². The summed E-state index contributed by atoms with van der Waals surface area (Å²) in [5.74, 6) is -1.15. The highest BCUT2D eigenvalue weighted by atomic mass is 16.6. The topological polar surface area (TPSA) is 78.6 Å². The van der Waals surface area contributed by atoms with Crippen LogP contribution in [0.1, 0.15) is 13.8 Å². The first-order chi connectivity index (χ1) is 6.61. The Morgan fingerprint density at radius 2 is 2.14 bits per heavy atom. The van der Waals surface area contributed by atoms with E-state index in [1.54, 1.807) is 6.92 Å². The Kier molecular flexibility index (Phi) is 6.39. The van der Waals surface area contributed by atoms with Crippen molar-refractivity contribution < 1.29 is 19.1 Å². The molecule has 0 aliphatic carbocycles. The van der Waals surface area contributed by atoms with Crippen molar-refractivity contribution in [3.63, 3.8) is 0 Å². The molecular weight excluding hydrogens is 186 g/mol. The lowest BCUT2D eigenvalue weighted by molar-refractivity contribution is -0.163. The normalized spacial score (nSPS) is 12.5. The van der Waals surface area contributed by atoms with Gasteiger partial charge in [0.05, 0.1) is 6.61 Å². The number of ether oxygens (including phenoxy) is 2. The predicted octanol–water partition coefficient (Wildman–Crippen LogP) is -0.00390. The summed E-state index contributed by atoms with van der Waals surface area (Å²) in [6.07, 6.45) is 1.74. The fourth-order valence-electron chi connectivity index (χ4n) is 0.686. The quantitative estimate of drug-likeness (QED) is 0.500. The van der Waals surface area contributed by atoms with Crippen molar-refractivity contribution in [3.8, 4) is 0 Å². The van der Waals surface area contributed by atoms with E-state index in [0.29, 0.717) is 0 Å². The van der Waals surface area contributed by atoms with Crippen molar-refractivity contribution in [1.82, 2.24) is 0 Å². The van der Waals surface area contributed by atoms with Gasteiger partial charge in [0.15, 0.2) is 6.10 Å². The molecule has 0 spiro atoms. The Morgan fingerprint density at radius 1 is 1.50 bits per heavy atom. The van der Waals surface area contributed by atoms with Crippen LogP contribution in [0, 0.1) is 0 Å². The molecule has 0 aromatic rings. The van der Waals surface area contributed by atoms with E-state index in [0.717, 1.165) is 0 Å². The van der Waals surface area contributed by atoms with Crippen LogP contribution in [-0.2, 0) is 19.1 Å². The summed E-state index contributed by atoms with van der Waals surface area (Å²) >= 11 is 0. The van der Waals surface area contributed by atoms with Gasteiger partial charge in [-0.25, -0.2) is 9.59 Å². The molecule has 0 saturated carbocycles. The van der Waals surface area contributed by atoms with Gasteiger partial charge in [-0.2, -0.15) is 0 Å². The van der Waals surface area contributed by atoms with E-state index in [2.05, 4.69) is 4.74 Å². The first kappa shape index (κ1) is 12.6. The van der Waals surface area contributed by atoms with Crippen molar-refractivity contribution in [2.24, 2.45) is 5.73 Å². The predicted molar refractivity (Wildman–Crippen MR) is 50.4 cm³/mol. The standard InChI is InChI=1S/C9H15NO4/c1-3-13-9(12)7(2)14-8(11)5-4-6-10/h4-5,7H,3,6,10H2,1-2H3/b5-4+/t7-/m0/s1. The first-order valence-corrected chi connectivity index (χ1v) is 4.35. The summed E-state index contributed by atoms with van der Waals surface area (Å²) in [6.45, 7) is 3.65. The maximum Gasteiger partial charge on any atom is 0.347 e. The number of hydrogen-bond donors (Lipinski definition) is 1. The molecule has 0 amide bonds. The molecule has 0 heterocycles. The molecule has 1 atom stereocenters. The second-order valence-electron chi connectivity index (χ2n) is 2.47. The number of esters is 2. The van der Waals surface area contributed by atoms with E-state index < -0.39 is 18.0 Å². The fraction of sp³-hybridized carbons (Fsp3) is 0.556. The van der Waals surface area contributed by atoms with Crippen molar-refractivity contribution in [1.29, 1.82) is 0 Å². The van der Waals surface area contributed by atoms with E-state index in [1.165, 1.54) is 19.1 Å². The van der Waals surface area contributed by atoms with Crippen LogP contribution in [0.3, 0.4) is 0 Å². The second kappa shape index (κ2) is 7.08. The average Bonchev–Trinajstić information content (AvgIpc) is 2.15. The third-order valence-electron chi connectivity index (χ3n) is 1.30. The zero-order valence-corrected chi connectivity index (χ0v) is 8.36. The molecule has 0 aliphatic rings. The molecule has 2 N–H and O–H groups in total. The Hall–Kier alpha value is -1.36. The van der Waals surface area contributed by atoms with Gasteiger partial charge in [0.2, 0.25) is 0 Å². The van der Waals surface area contributed by atoms with Crippen molar-refractivity contribution in [2.45, 2.75) is 20.0 Å². The molecule has 0 aliphatic heterocycles. The molecular formula is C9H15NO4. The molecule has 14 heavy (non-hydrogen) atoms. The van der Waals surface area contributed by atoms with Crippen LogP contribution in [0.2, 0.25) is 0 Å². The minimum absolute atomic E-state index is 0.253. The van der Waals surface area contributed by atoms with Crippen molar-refractivity contribution >= 4 is 11.9 Å². The molecule has 0 saturated heterocycles. The smallest absolute Gasteiger partial charge is 0.347 e. The van der Waals surface area contributed by atoms with Gasteiger partial charge in [-0.1, -0.05) is 6.08 Å². The second-order valence-corrected chi connectivity index (χ2v) is 2.47. The summed E-state index contributed by atoms with van der Waals surface area (Å²) in [6, 6.07) is 0. The van der Waals surface area contributed by atoms with Gasteiger partial charge >= 0.3 is 11.9 Å². The third-order valence-corrected chi connectivity index (χ3v) is 1.30. The molecule has 0 radical (unpaired) electrons. The van der Waals surface area contributed by atoms with E-state index in [9.17, 15) is 9.59 Å². The Morgan fingerprint density at radius 3 is 2.64 bits per heavy atom. The zero-order chi connectivity index (χ0) is 11.0. The Labute approximate surface area is 82.9 Å². The van der Waals surface area contributed by atoms with Crippen LogP contribution < -0.4 is 5.73 Å². The van der Waals surface area contributed by atoms with Gasteiger partial charge in [0.1, 0.15) is 0 Å². The minimum Gasteiger partial charge on any atom is -0.463 e. The largest absolute Gasteiger partial charge is 0.463 e. The molecule has 5 heteroatoms. The molecule has 80 valence electrons. The lowest BCUT2D eigenvalue weighted by atomic mass is 10.4. The van der Waals surface area contributed by atoms with E-state index in [-0.39, 0.29) is 13.2 Å². The summed E-state index contributed by atoms with van der Waals surface area (Å²) < 4.78 is 9.35. The maximum absolute atomic E-state index is 11.0. The summed E-state index contributed by atoms with van der Waals surface area (Å²) in [5.41, 5.74) is 5.13. The molecule has 0 aromatic carbocycles. The average molecular weight is 201 g/mol. The van der Waals surface area contributed by atoms with Gasteiger partial charge in [-0.3, -0.25) is 0 Å². The molecule has 0 fully saturated rings. The number of carbonyl (C=O) groups excluding carboxylic acids is 2. The van der Waals surface area contributed by atoms with Crippen LogP contribution in [0.25, 0.3) is 0 Å². The van der Waals surface area contributed by atoms with Crippen LogP contribution in [0.15, 0.2) is 12.2 Å². The van der Waals surface area contributed by atoms with Gasteiger partial charge < -0.3 is 15.2 Å². The maximum atomic E-state index is 11.0. The molecule has 0 aromatic heterocycles. The highest BCUT2D eigenvalue weighted by molar-refractivity contribution is 5.85. The molecule has 0 bridgehead atoms. The monoisotopic (exact) mass is 201 g/mol. The van der Waals surface area contributed by atoms with Gasteiger partial charge in [-0.15, -0.1) is 0 Å². The van der Waals surface area contributed by atoms with Crippen LogP contribution >= 0.6 is 0 Å². The molecule has 0 rings (SSSR count). The third kappa shape index (κ3) is 5.31. The van der Waals surface area contributed by atoms with Crippen LogP contribution in [0.4, 0.5) is 0 Å². The van der Waals surface area contributed by atoms with Crippen molar-refractivity contribution in [2.75, 3.05) is 13.2 Å². The van der Waals surface area contributed by atoms with Crippen LogP contribution in [0.5, 0.6) is 0 Å². The Bertz CT molecular complexity index is 225. The van der Waals surface area contributed by atoms with E-state index in [1.807, 2.05) is 0 Å². The SMILES string of the molecule is CCOC(=O)[C@H](C)OC(=O)/C=C/CN. The van der Waals surface area contributed by atoms with Crippen LogP contribution in [-0.4, -0.2) is 31.2 Å². The number of carbonyl (C=O) groups is 2. The zero-order valence-electron chi connectivity index (χ0n) is 8.36. The number of rotatable bonds is 5. The number of hydrogen-bond acceptors (Lipinski definition) is 5.